The summed E-state index contributed by atoms with van der Waals surface area (Å²) in [6, 6.07) is 17.7. The lowest BCUT2D eigenvalue weighted by molar-refractivity contribution is -0.111. The Kier molecular flexibility index (Phi) is 5.78. The molecule has 2 aromatic rings. The molecule has 0 unspecified atom stereocenters. The Morgan fingerprint density at radius 3 is 2.23 bits per heavy atom. The van der Waals surface area contributed by atoms with Gasteiger partial charge in [0.25, 0.3) is 0 Å². The summed E-state index contributed by atoms with van der Waals surface area (Å²) < 4.78 is 0. The van der Waals surface area contributed by atoms with Crippen LogP contribution in [0.4, 0.5) is 11.4 Å². The normalized spacial score (nSPS) is 10.6. The highest BCUT2D eigenvalue weighted by Gasteiger charge is 2.02. The summed E-state index contributed by atoms with van der Waals surface area (Å²) in [5.41, 5.74) is 2.98. The van der Waals surface area contributed by atoms with Gasteiger partial charge < -0.3 is 10.2 Å². The van der Waals surface area contributed by atoms with E-state index < -0.39 is 0 Å². The fourth-order valence-electron chi connectivity index (χ4n) is 2.26. The lowest BCUT2D eigenvalue weighted by atomic mass is 10.2. The van der Waals surface area contributed by atoms with Gasteiger partial charge >= 0.3 is 0 Å². The summed E-state index contributed by atoms with van der Waals surface area (Å²) in [5.74, 6) is -0.126. The van der Waals surface area contributed by atoms with E-state index in [1.807, 2.05) is 54.6 Å². The van der Waals surface area contributed by atoms with Crippen molar-refractivity contribution in [3.05, 3.63) is 66.2 Å². The first-order chi connectivity index (χ1) is 10.7. The van der Waals surface area contributed by atoms with Gasteiger partial charge in [0.2, 0.25) is 5.91 Å². The minimum absolute atomic E-state index is 0.126. The monoisotopic (exact) mass is 294 g/mol. The Balaban J connectivity index is 1.96. The van der Waals surface area contributed by atoms with Gasteiger partial charge in [-0.3, -0.25) is 4.79 Å². The van der Waals surface area contributed by atoms with Crippen LogP contribution in [0, 0.1) is 0 Å². The molecule has 1 N–H and O–H groups in total. The molecule has 0 aromatic heterocycles. The maximum atomic E-state index is 11.9. The van der Waals surface area contributed by atoms with Crippen molar-refractivity contribution in [1.82, 2.24) is 0 Å². The molecular formula is C19H22N2O. The van der Waals surface area contributed by atoms with E-state index in [0.29, 0.717) is 0 Å². The molecular weight excluding hydrogens is 272 g/mol. The summed E-state index contributed by atoms with van der Waals surface area (Å²) in [6.45, 7) is 6.21. The Hall–Kier alpha value is -2.55. The van der Waals surface area contributed by atoms with E-state index in [1.165, 1.54) is 5.69 Å². The predicted molar refractivity (Wildman–Crippen MR) is 94.1 cm³/mol. The molecule has 3 nitrogen and oxygen atoms in total. The summed E-state index contributed by atoms with van der Waals surface area (Å²) in [4.78, 5) is 14.2. The number of anilines is 2. The van der Waals surface area contributed by atoms with Crippen molar-refractivity contribution < 1.29 is 4.79 Å². The van der Waals surface area contributed by atoms with Crippen LogP contribution in [-0.2, 0) is 4.79 Å². The number of hydrogen-bond acceptors (Lipinski definition) is 2. The Bertz CT molecular complexity index is 614. The minimum atomic E-state index is -0.126. The molecule has 22 heavy (non-hydrogen) atoms. The van der Waals surface area contributed by atoms with Gasteiger partial charge in [-0.1, -0.05) is 30.3 Å². The predicted octanol–water partition coefficient (Wildman–Crippen LogP) is 4.18. The zero-order valence-corrected chi connectivity index (χ0v) is 13.1. The molecule has 0 radical (unpaired) electrons. The van der Waals surface area contributed by atoms with E-state index in [9.17, 15) is 4.79 Å². The van der Waals surface area contributed by atoms with E-state index in [2.05, 4.69) is 24.1 Å². The molecule has 0 saturated carbocycles. The third-order valence-corrected chi connectivity index (χ3v) is 3.49. The summed E-state index contributed by atoms with van der Waals surface area (Å²) in [6.07, 6.45) is 3.35. The maximum absolute atomic E-state index is 11.9. The quantitative estimate of drug-likeness (QED) is 0.810. The molecule has 0 fully saturated rings. The average Bonchev–Trinajstić information content (AvgIpc) is 2.56. The molecule has 0 heterocycles. The molecule has 0 bridgehead atoms. The smallest absolute Gasteiger partial charge is 0.248 e. The topological polar surface area (TPSA) is 32.3 Å². The summed E-state index contributed by atoms with van der Waals surface area (Å²) in [7, 11) is 0. The number of carbonyl (C=O) groups excluding carboxylic acids is 1. The molecule has 0 aliphatic carbocycles. The Morgan fingerprint density at radius 2 is 1.64 bits per heavy atom. The van der Waals surface area contributed by atoms with Crippen LogP contribution in [0.5, 0.6) is 0 Å². The molecule has 0 aliphatic rings. The van der Waals surface area contributed by atoms with Gasteiger partial charge in [-0.2, -0.15) is 0 Å². The first-order valence-electron chi connectivity index (χ1n) is 7.62. The van der Waals surface area contributed by atoms with Gasteiger partial charge in [-0.05, 0) is 49.8 Å². The maximum Gasteiger partial charge on any atom is 0.248 e. The van der Waals surface area contributed by atoms with Crippen LogP contribution in [-0.4, -0.2) is 19.0 Å². The molecule has 3 heteroatoms. The molecule has 0 saturated heterocycles. The zero-order valence-electron chi connectivity index (χ0n) is 13.1. The third kappa shape index (κ3) is 4.48. The van der Waals surface area contributed by atoms with Crippen LogP contribution >= 0.6 is 0 Å². The molecule has 114 valence electrons. The van der Waals surface area contributed by atoms with E-state index in [1.54, 1.807) is 12.2 Å². The van der Waals surface area contributed by atoms with Crippen molar-refractivity contribution in [1.29, 1.82) is 0 Å². The zero-order chi connectivity index (χ0) is 15.8. The molecule has 1 amide bonds. The number of hydrogen-bond donors (Lipinski definition) is 1. The van der Waals surface area contributed by atoms with Crippen molar-refractivity contribution in [2.75, 3.05) is 23.3 Å². The lowest BCUT2D eigenvalue weighted by Gasteiger charge is -2.21. The van der Waals surface area contributed by atoms with Crippen molar-refractivity contribution in [2.45, 2.75) is 13.8 Å². The number of benzene rings is 2. The van der Waals surface area contributed by atoms with Gasteiger partial charge in [-0.15, -0.1) is 0 Å². The number of carbonyl (C=O) groups is 1. The second-order valence-electron chi connectivity index (χ2n) is 4.95. The van der Waals surface area contributed by atoms with Crippen LogP contribution in [0.25, 0.3) is 6.08 Å². The SMILES string of the molecule is CCN(CC)c1ccc(NC(=O)C=Cc2ccccc2)cc1. The van der Waals surface area contributed by atoms with Crippen LogP contribution in [0.3, 0.4) is 0 Å². The third-order valence-electron chi connectivity index (χ3n) is 3.49. The van der Waals surface area contributed by atoms with Gasteiger partial charge in [-0.25, -0.2) is 0 Å². The highest BCUT2D eigenvalue weighted by Crippen LogP contribution is 2.17. The van der Waals surface area contributed by atoms with E-state index >= 15 is 0 Å². The molecule has 0 atom stereocenters. The molecule has 0 aliphatic heterocycles. The van der Waals surface area contributed by atoms with Crippen molar-refractivity contribution in [3.63, 3.8) is 0 Å². The largest absolute Gasteiger partial charge is 0.372 e. The van der Waals surface area contributed by atoms with E-state index in [4.69, 9.17) is 0 Å². The van der Waals surface area contributed by atoms with Gasteiger partial charge in [0.1, 0.15) is 0 Å². The first-order valence-corrected chi connectivity index (χ1v) is 7.62. The van der Waals surface area contributed by atoms with Crippen LogP contribution in [0.2, 0.25) is 0 Å². The minimum Gasteiger partial charge on any atom is -0.372 e. The number of rotatable bonds is 6. The van der Waals surface area contributed by atoms with Crippen molar-refractivity contribution in [3.8, 4) is 0 Å². The number of amides is 1. The highest BCUT2D eigenvalue weighted by molar-refractivity contribution is 6.01. The van der Waals surface area contributed by atoms with Crippen molar-refractivity contribution >= 4 is 23.4 Å². The number of nitrogens with one attached hydrogen (secondary N) is 1. The van der Waals surface area contributed by atoms with Crippen molar-refractivity contribution in [2.24, 2.45) is 0 Å². The second kappa shape index (κ2) is 8.03. The fourth-order valence-corrected chi connectivity index (χ4v) is 2.26. The van der Waals surface area contributed by atoms with Gasteiger partial charge in [0.15, 0.2) is 0 Å². The molecule has 2 rings (SSSR count). The lowest BCUT2D eigenvalue weighted by Crippen LogP contribution is -2.21. The highest BCUT2D eigenvalue weighted by atomic mass is 16.1. The average molecular weight is 294 g/mol. The molecule has 0 spiro atoms. The van der Waals surface area contributed by atoms with Crippen LogP contribution in [0.15, 0.2) is 60.7 Å². The van der Waals surface area contributed by atoms with E-state index in [-0.39, 0.29) is 5.91 Å². The second-order valence-corrected chi connectivity index (χ2v) is 4.95. The fraction of sp³-hybridized carbons (Fsp3) is 0.211. The molecule has 2 aromatic carbocycles. The summed E-state index contributed by atoms with van der Waals surface area (Å²) >= 11 is 0. The van der Waals surface area contributed by atoms with Gasteiger partial charge in [0.05, 0.1) is 0 Å². The first kappa shape index (κ1) is 15.8. The standard InChI is InChI=1S/C19H22N2O/c1-3-21(4-2)18-13-11-17(12-14-18)20-19(22)15-10-16-8-6-5-7-9-16/h5-15H,3-4H2,1-2H3,(H,20,22). The number of nitrogens with zero attached hydrogens (tertiary/aromatic N) is 1. The van der Waals surface area contributed by atoms with Gasteiger partial charge in [0, 0.05) is 30.5 Å². The Labute approximate surface area is 132 Å². The van der Waals surface area contributed by atoms with Crippen LogP contribution in [0.1, 0.15) is 19.4 Å². The van der Waals surface area contributed by atoms with E-state index in [0.717, 1.165) is 24.3 Å². The Morgan fingerprint density at radius 1 is 1.00 bits per heavy atom. The summed E-state index contributed by atoms with van der Waals surface area (Å²) in [5, 5.41) is 2.87. The van der Waals surface area contributed by atoms with Crippen LogP contribution < -0.4 is 10.2 Å².